The number of piperazine rings is 1. The van der Waals surface area contributed by atoms with E-state index in [-0.39, 0.29) is 5.91 Å². The SMILES string of the molecule is O=C(Nc1ccc(N2CCNCC2)cc1)c1scc2c1OCCO2. The minimum absolute atomic E-state index is 0.165. The summed E-state index contributed by atoms with van der Waals surface area (Å²) in [4.78, 5) is 15.4. The predicted molar refractivity (Wildman–Crippen MR) is 94.8 cm³/mol. The van der Waals surface area contributed by atoms with Gasteiger partial charge in [0.2, 0.25) is 0 Å². The van der Waals surface area contributed by atoms with Gasteiger partial charge in [-0.05, 0) is 24.3 Å². The fraction of sp³-hybridized carbons (Fsp3) is 0.353. The van der Waals surface area contributed by atoms with E-state index in [1.807, 2.05) is 29.6 Å². The van der Waals surface area contributed by atoms with E-state index in [1.54, 1.807) is 0 Å². The second kappa shape index (κ2) is 6.70. The fourth-order valence-corrected chi connectivity index (χ4v) is 3.71. The van der Waals surface area contributed by atoms with Crippen LogP contribution in [0.1, 0.15) is 9.67 Å². The Balaban J connectivity index is 1.45. The first-order valence-electron chi connectivity index (χ1n) is 8.05. The van der Waals surface area contributed by atoms with Crippen LogP contribution in [0.5, 0.6) is 11.5 Å². The van der Waals surface area contributed by atoms with Gasteiger partial charge in [-0.3, -0.25) is 4.79 Å². The Hall–Kier alpha value is -2.25. The van der Waals surface area contributed by atoms with Gasteiger partial charge >= 0.3 is 0 Å². The second-order valence-corrected chi connectivity index (χ2v) is 6.57. The van der Waals surface area contributed by atoms with Crippen LogP contribution in [0.25, 0.3) is 0 Å². The Morgan fingerprint density at radius 2 is 1.88 bits per heavy atom. The minimum Gasteiger partial charge on any atom is -0.485 e. The van der Waals surface area contributed by atoms with Crippen molar-refractivity contribution in [3.8, 4) is 11.5 Å². The van der Waals surface area contributed by atoms with E-state index in [2.05, 4.69) is 15.5 Å². The van der Waals surface area contributed by atoms with Crippen LogP contribution in [0.15, 0.2) is 29.6 Å². The highest BCUT2D eigenvalue weighted by Gasteiger charge is 2.23. The Kier molecular flexibility index (Phi) is 4.27. The van der Waals surface area contributed by atoms with Crippen molar-refractivity contribution in [2.24, 2.45) is 0 Å². The molecule has 0 radical (unpaired) electrons. The first kappa shape index (κ1) is 15.3. The molecule has 1 fully saturated rings. The van der Waals surface area contributed by atoms with Gasteiger partial charge in [0, 0.05) is 42.9 Å². The molecule has 2 aliphatic heterocycles. The first-order valence-corrected chi connectivity index (χ1v) is 8.93. The topological polar surface area (TPSA) is 62.8 Å². The molecule has 1 aromatic heterocycles. The Labute approximate surface area is 144 Å². The van der Waals surface area contributed by atoms with Crippen LogP contribution < -0.4 is 25.0 Å². The van der Waals surface area contributed by atoms with Crippen LogP contribution in [-0.4, -0.2) is 45.3 Å². The highest BCUT2D eigenvalue weighted by molar-refractivity contribution is 7.13. The van der Waals surface area contributed by atoms with Crippen LogP contribution >= 0.6 is 11.3 Å². The molecular weight excluding hydrogens is 326 g/mol. The number of carbonyl (C=O) groups is 1. The molecule has 0 atom stereocenters. The molecule has 1 amide bonds. The number of nitrogens with zero attached hydrogens (tertiary/aromatic N) is 1. The van der Waals surface area contributed by atoms with E-state index >= 15 is 0 Å². The lowest BCUT2D eigenvalue weighted by Crippen LogP contribution is -2.43. The van der Waals surface area contributed by atoms with E-state index in [0.29, 0.717) is 29.6 Å². The van der Waals surface area contributed by atoms with Crippen molar-refractivity contribution in [2.45, 2.75) is 0 Å². The number of anilines is 2. The van der Waals surface area contributed by atoms with Gasteiger partial charge in [0.05, 0.1) is 0 Å². The summed E-state index contributed by atoms with van der Waals surface area (Å²) >= 11 is 1.34. The summed E-state index contributed by atoms with van der Waals surface area (Å²) in [5.74, 6) is 1.05. The van der Waals surface area contributed by atoms with Gasteiger partial charge < -0.3 is 25.0 Å². The first-order chi connectivity index (χ1) is 11.8. The van der Waals surface area contributed by atoms with Crippen LogP contribution in [0.2, 0.25) is 0 Å². The molecule has 2 N–H and O–H groups in total. The van der Waals surface area contributed by atoms with Crippen molar-refractivity contribution in [2.75, 3.05) is 49.6 Å². The summed E-state index contributed by atoms with van der Waals surface area (Å²) in [6.45, 7) is 5.02. The van der Waals surface area contributed by atoms with Gasteiger partial charge in [-0.2, -0.15) is 0 Å². The largest absolute Gasteiger partial charge is 0.485 e. The summed E-state index contributed by atoms with van der Waals surface area (Å²) in [7, 11) is 0. The number of rotatable bonds is 3. The summed E-state index contributed by atoms with van der Waals surface area (Å²) in [6.07, 6.45) is 0. The molecule has 0 bridgehead atoms. The number of hydrogen-bond donors (Lipinski definition) is 2. The van der Waals surface area contributed by atoms with E-state index in [9.17, 15) is 4.79 Å². The zero-order chi connectivity index (χ0) is 16.4. The number of ether oxygens (including phenoxy) is 2. The third-order valence-corrected chi connectivity index (χ3v) is 5.05. The maximum atomic E-state index is 12.5. The molecule has 0 saturated carbocycles. The van der Waals surface area contributed by atoms with Gasteiger partial charge in [-0.25, -0.2) is 0 Å². The summed E-state index contributed by atoms with van der Waals surface area (Å²) in [5.41, 5.74) is 1.96. The summed E-state index contributed by atoms with van der Waals surface area (Å²) in [5, 5.41) is 8.09. The van der Waals surface area contributed by atoms with Crippen molar-refractivity contribution >= 4 is 28.6 Å². The maximum absolute atomic E-state index is 12.5. The number of benzene rings is 1. The van der Waals surface area contributed by atoms with E-state index in [4.69, 9.17) is 9.47 Å². The smallest absolute Gasteiger partial charge is 0.269 e. The fourth-order valence-electron chi connectivity index (χ4n) is 2.89. The van der Waals surface area contributed by atoms with Crippen LogP contribution in [-0.2, 0) is 0 Å². The minimum atomic E-state index is -0.165. The zero-order valence-corrected chi connectivity index (χ0v) is 14.0. The zero-order valence-electron chi connectivity index (χ0n) is 13.2. The predicted octanol–water partition coefficient (Wildman–Crippen LogP) is 2.18. The van der Waals surface area contributed by atoms with E-state index in [1.165, 1.54) is 17.0 Å². The molecule has 1 aromatic carbocycles. The van der Waals surface area contributed by atoms with Gasteiger partial charge in [0.15, 0.2) is 11.5 Å². The van der Waals surface area contributed by atoms with Crippen molar-refractivity contribution < 1.29 is 14.3 Å². The number of hydrogen-bond acceptors (Lipinski definition) is 6. The molecule has 24 heavy (non-hydrogen) atoms. The Bertz CT molecular complexity index is 723. The number of nitrogens with one attached hydrogen (secondary N) is 2. The lowest BCUT2D eigenvalue weighted by molar-refractivity contribution is 0.102. The van der Waals surface area contributed by atoms with E-state index in [0.717, 1.165) is 31.9 Å². The van der Waals surface area contributed by atoms with Crippen molar-refractivity contribution in [3.05, 3.63) is 34.5 Å². The molecule has 0 spiro atoms. The molecule has 2 aliphatic rings. The third-order valence-electron chi connectivity index (χ3n) is 4.11. The highest BCUT2D eigenvalue weighted by atomic mass is 32.1. The summed E-state index contributed by atoms with van der Waals surface area (Å²) < 4.78 is 11.0. The maximum Gasteiger partial charge on any atom is 0.269 e. The molecule has 0 unspecified atom stereocenters. The lowest BCUT2D eigenvalue weighted by atomic mass is 10.2. The quantitative estimate of drug-likeness (QED) is 0.893. The van der Waals surface area contributed by atoms with Crippen LogP contribution in [0.4, 0.5) is 11.4 Å². The number of thiophene rings is 1. The molecule has 3 heterocycles. The standard InChI is InChI=1S/C17H19N3O3S/c21-17(16-15-14(11-24-16)22-9-10-23-15)19-12-1-3-13(4-2-12)20-7-5-18-6-8-20/h1-4,11,18H,5-10H2,(H,19,21). The average molecular weight is 345 g/mol. The lowest BCUT2D eigenvalue weighted by Gasteiger charge is -2.29. The van der Waals surface area contributed by atoms with E-state index < -0.39 is 0 Å². The molecule has 126 valence electrons. The van der Waals surface area contributed by atoms with Gasteiger partial charge in [-0.1, -0.05) is 0 Å². The molecule has 0 aliphatic carbocycles. The van der Waals surface area contributed by atoms with Gasteiger partial charge in [0.1, 0.15) is 18.1 Å². The molecular formula is C17H19N3O3S. The van der Waals surface area contributed by atoms with Gasteiger partial charge in [-0.15, -0.1) is 11.3 Å². The normalized spacial score (nSPS) is 16.8. The second-order valence-electron chi connectivity index (χ2n) is 5.69. The molecule has 6 nitrogen and oxygen atoms in total. The number of fused-ring (bicyclic) bond motifs is 1. The van der Waals surface area contributed by atoms with Crippen molar-refractivity contribution in [3.63, 3.8) is 0 Å². The van der Waals surface area contributed by atoms with Gasteiger partial charge in [0.25, 0.3) is 5.91 Å². The Morgan fingerprint density at radius 3 is 2.67 bits per heavy atom. The monoisotopic (exact) mass is 345 g/mol. The van der Waals surface area contributed by atoms with Crippen LogP contribution in [0, 0.1) is 0 Å². The molecule has 2 aromatic rings. The molecule has 7 heteroatoms. The Morgan fingerprint density at radius 1 is 1.12 bits per heavy atom. The molecule has 1 saturated heterocycles. The molecule has 4 rings (SSSR count). The summed E-state index contributed by atoms with van der Waals surface area (Å²) in [6, 6.07) is 7.97. The van der Waals surface area contributed by atoms with Crippen molar-refractivity contribution in [1.82, 2.24) is 5.32 Å². The average Bonchev–Trinajstić information content (AvgIpc) is 3.07. The third kappa shape index (κ3) is 3.05. The number of amides is 1. The van der Waals surface area contributed by atoms with Crippen molar-refractivity contribution in [1.29, 1.82) is 0 Å². The number of carbonyl (C=O) groups excluding carboxylic acids is 1. The highest BCUT2D eigenvalue weighted by Crippen LogP contribution is 2.39. The van der Waals surface area contributed by atoms with Crippen LogP contribution in [0.3, 0.4) is 0 Å².